The third kappa shape index (κ3) is 4.03. The molecule has 0 spiro atoms. The lowest BCUT2D eigenvalue weighted by molar-refractivity contribution is -0.117. The molecule has 5 heteroatoms. The summed E-state index contributed by atoms with van der Waals surface area (Å²) >= 11 is 0. The van der Waals surface area contributed by atoms with E-state index in [2.05, 4.69) is 41.2 Å². The third-order valence-corrected chi connectivity index (χ3v) is 5.51. The maximum absolute atomic E-state index is 12.2. The Labute approximate surface area is 159 Å². The number of aryl methyl sites for hydroxylation is 2. The van der Waals surface area contributed by atoms with Gasteiger partial charge in [0.2, 0.25) is 5.91 Å². The van der Waals surface area contributed by atoms with Gasteiger partial charge in [-0.15, -0.1) is 0 Å². The van der Waals surface area contributed by atoms with Crippen LogP contribution in [-0.4, -0.2) is 40.4 Å². The molecule has 0 atom stereocenters. The molecule has 3 aromatic rings. The second kappa shape index (κ2) is 7.53. The van der Waals surface area contributed by atoms with E-state index in [-0.39, 0.29) is 5.91 Å². The van der Waals surface area contributed by atoms with Gasteiger partial charge in [-0.3, -0.25) is 9.69 Å². The number of carbonyl (C=O) groups excluding carboxylic acids is 1. The van der Waals surface area contributed by atoms with Gasteiger partial charge in [0.05, 0.1) is 17.6 Å². The van der Waals surface area contributed by atoms with E-state index in [1.165, 1.54) is 11.1 Å². The zero-order chi connectivity index (χ0) is 18.8. The molecule has 1 aromatic heterocycles. The number of fused-ring (bicyclic) bond motifs is 1. The molecule has 4 rings (SSSR count). The lowest BCUT2D eigenvalue weighted by Gasteiger charge is -2.30. The van der Waals surface area contributed by atoms with Crippen LogP contribution in [0.2, 0.25) is 0 Å². The van der Waals surface area contributed by atoms with Crippen molar-refractivity contribution in [2.45, 2.75) is 32.6 Å². The summed E-state index contributed by atoms with van der Waals surface area (Å²) in [5, 5.41) is 2.96. The highest BCUT2D eigenvalue weighted by atomic mass is 16.2. The first kappa shape index (κ1) is 17.7. The molecule has 2 aromatic carbocycles. The van der Waals surface area contributed by atoms with Gasteiger partial charge >= 0.3 is 0 Å². The van der Waals surface area contributed by atoms with E-state index in [1.54, 1.807) is 0 Å². The Morgan fingerprint density at radius 2 is 1.85 bits per heavy atom. The van der Waals surface area contributed by atoms with Crippen LogP contribution in [0.1, 0.15) is 35.7 Å². The van der Waals surface area contributed by atoms with Crippen LogP contribution in [0.25, 0.3) is 11.0 Å². The minimum atomic E-state index is 0.0503. The highest BCUT2D eigenvalue weighted by molar-refractivity contribution is 5.92. The number of piperidine rings is 1. The second-order valence-electron chi connectivity index (χ2n) is 7.54. The number of nitrogens with zero attached hydrogens (tertiary/aromatic N) is 2. The van der Waals surface area contributed by atoms with Crippen LogP contribution in [0.3, 0.4) is 0 Å². The average Bonchev–Trinajstić information content (AvgIpc) is 3.06. The molecule has 140 valence electrons. The summed E-state index contributed by atoms with van der Waals surface area (Å²) < 4.78 is 0. The number of amides is 1. The zero-order valence-electron chi connectivity index (χ0n) is 16.0. The second-order valence-corrected chi connectivity index (χ2v) is 7.54. The number of imidazole rings is 1. The number of likely N-dealkylation sites (tertiary alicyclic amines) is 1. The monoisotopic (exact) mass is 362 g/mol. The summed E-state index contributed by atoms with van der Waals surface area (Å²) in [4.78, 5) is 22.8. The summed E-state index contributed by atoms with van der Waals surface area (Å²) in [7, 11) is 0. The fourth-order valence-corrected chi connectivity index (χ4v) is 3.77. The molecule has 0 bridgehead atoms. The summed E-state index contributed by atoms with van der Waals surface area (Å²) in [5.41, 5.74) is 5.59. The van der Waals surface area contributed by atoms with Crippen molar-refractivity contribution in [3.63, 3.8) is 0 Å². The van der Waals surface area contributed by atoms with Gasteiger partial charge < -0.3 is 10.3 Å². The smallest absolute Gasteiger partial charge is 0.238 e. The molecule has 0 radical (unpaired) electrons. The third-order valence-electron chi connectivity index (χ3n) is 5.51. The molecule has 2 N–H and O–H groups in total. The molecular formula is C22H26N4O. The molecular weight excluding hydrogens is 336 g/mol. The van der Waals surface area contributed by atoms with Gasteiger partial charge in [-0.05, 0) is 75.2 Å². The molecule has 27 heavy (non-hydrogen) atoms. The van der Waals surface area contributed by atoms with Crippen molar-refractivity contribution < 1.29 is 4.79 Å². The van der Waals surface area contributed by atoms with E-state index in [1.807, 2.05) is 30.3 Å². The Kier molecular flexibility index (Phi) is 4.94. The highest BCUT2D eigenvalue weighted by Gasteiger charge is 2.24. The quantitative estimate of drug-likeness (QED) is 0.737. The van der Waals surface area contributed by atoms with Gasteiger partial charge in [-0.25, -0.2) is 4.98 Å². The number of hydrogen-bond donors (Lipinski definition) is 2. The normalized spacial score (nSPS) is 15.9. The summed E-state index contributed by atoms with van der Waals surface area (Å²) in [6.45, 7) is 6.54. The average molecular weight is 362 g/mol. The topological polar surface area (TPSA) is 61.0 Å². The SMILES string of the molecule is Cc1cc2nc(C3CCN(CC(=O)Nc4ccccc4)CC3)[nH]c2cc1C. The van der Waals surface area contributed by atoms with Gasteiger partial charge in [0.15, 0.2) is 0 Å². The van der Waals surface area contributed by atoms with Crippen molar-refractivity contribution in [2.24, 2.45) is 0 Å². The van der Waals surface area contributed by atoms with Crippen LogP contribution < -0.4 is 5.32 Å². The maximum atomic E-state index is 12.2. The summed E-state index contributed by atoms with van der Waals surface area (Å²) in [5.74, 6) is 1.57. The van der Waals surface area contributed by atoms with E-state index in [9.17, 15) is 4.79 Å². The number of benzene rings is 2. The fraction of sp³-hybridized carbons (Fsp3) is 0.364. The molecule has 2 heterocycles. The van der Waals surface area contributed by atoms with E-state index in [0.29, 0.717) is 12.5 Å². The molecule has 0 unspecified atom stereocenters. The Morgan fingerprint density at radius 3 is 2.59 bits per heavy atom. The van der Waals surface area contributed by atoms with E-state index in [0.717, 1.165) is 48.5 Å². The van der Waals surface area contributed by atoms with Crippen LogP contribution in [0.5, 0.6) is 0 Å². The van der Waals surface area contributed by atoms with Crippen molar-refractivity contribution in [1.82, 2.24) is 14.9 Å². The predicted octanol–water partition coefficient (Wildman–Crippen LogP) is 4.00. The number of anilines is 1. The van der Waals surface area contributed by atoms with Crippen molar-refractivity contribution >= 4 is 22.6 Å². The molecule has 0 saturated carbocycles. The molecule has 1 aliphatic rings. The van der Waals surface area contributed by atoms with E-state index < -0.39 is 0 Å². The molecule has 1 fully saturated rings. The van der Waals surface area contributed by atoms with Crippen LogP contribution in [0, 0.1) is 13.8 Å². The zero-order valence-corrected chi connectivity index (χ0v) is 16.0. The molecule has 1 amide bonds. The van der Waals surface area contributed by atoms with Crippen molar-refractivity contribution in [3.05, 3.63) is 59.4 Å². The van der Waals surface area contributed by atoms with Crippen molar-refractivity contribution in [3.8, 4) is 0 Å². The Morgan fingerprint density at radius 1 is 1.15 bits per heavy atom. The first-order valence-corrected chi connectivity index (χ1v) is 9.62. The van der Waals surface area contributed by atoms with Crippen LogP contribution in [-0.2, 0) is 4.79 Å². The Bertz CT molecular complexity index is 901. The lowest BCUT2D eigenvalue weighted by atomic mass is 9.96. The number of hydrogen-bond acceptors (Lipinski definition) is 3. The number of H-pyrrole nitrogens is 1. The summed E-state index contributed by atoms with van der Waals surface area (Å²) in [6, 6.07) is 14.0. The van der Waals surface area contributed by atoms with E-state index >= 15 is 0 Å². The minimum Gasteiger partial charge on any atom is -0.342 e. The number of nitrogens with one attached hydrogen (secondary N) is 2. The number of aromatic nitrogens is 2. The molecule has 1 saturated heterocycles. The van der Waals surface area contributed by atoms with Crippen LogP contribution in [0.15, 0.2) is 42.5 Å². The van der Waals surface area contributed by atoms with Crippen LogP contribution in [0.4, 0.5) is 5.69 Å². The Hall–Kier alpha value is -2.66. The first-order chi connectivity index (χ1) is 13.1. The number of rotatable bonds is 4. The van der Waals surface area contributed by atoms with Crippen LogP contribution >= 0.6 is 0 Å². The van der Waals surface area contributed by atoms with Gasteiger partial charge in [0.25, 0.3) is 0 Å². The largest absolute Gasteiger partial charge is 0.342 e. The van der Waals surface area contributed by atoms with E-state index in [4.69, 9.17) is 4.98 Å². The lowest BCUT2D eigenvalue weighted by Crippen LogP contribution is -2.38. The fourth-order valence-electron chi connectivity index (χ4n) is 3.77. The number of para-hydroxylation sites is 1. The molecule has 1 aliphatic heterocycles. The van der Waals surface area contributed by atoms with Gasteiger partial charge in [0, 0.05) is 11.6 Å². The number of aromatic amines is 1. The molecule has 0 aliphatic carbocycles. The van der Waals surface area contributed by atoms with Gasteiger partial charge in [-0.1, -0.05) is 18.2 Å². The minimum absolute atomic E-state index is 0.0503. The van der Waals surface area contributed by atoms with Gasteiger partial charge in [-0.2, -0.15) is 0 Å². The maximum Gasteiger partial charge on any atom is 0.238 e. The first-order valence-electron chi connectivity index (χ1n) is 9.62. The number of carbonyl (C=O) groups is 1. The summed E-state index contributed by atoms with van der Waals surface area (Å²) in [6.07, 6.45) is 2.05. The van der Waals surface area contributed by atoms with Crippen molar-refractivity contribution in [1.29, 1.82) is 0 Å². The highest BCUT2D eigenvalue weighted by Crippen LogP contribution is 2.28. The molecule has 5 nitrogen and oxygen atoms in total. The Balaban J connectivity index is 1.34. The van der Waals surface area contributed by atoms with Crippen molar-refractivity contribution in [2.75, 3.05) is 25.0 Å². The standard InChI is InChI=1S/C22H26N4O/c1-15-12-19-20(13-16(15)2)25-22(24-19)17-8-10-26(11-9-17)14-21(27)23-18-6-4-3-5-7-18/h3-7,12-13,17H,8-11,14H2,1-2H3,(H,23,27)(H,24,25). The van der Waals surface area contributed by atoms with Gasteiger partial charge in [0.1, 0.15) is 5.82 Å². The predicted molar refractivity (Wildman–Crippen MR) is 109 cm³/mol.